The molecular formula is C16H16N2OS. The van der Waals surface area contributed by atoms with Crippen molar-refractivity contribution in [1.82, 2.24) is 5.43 Å². The molecule has 1 N–H and O–H groups in total. The van der Waals surface area contributed by atoms with Gasteiger partial charge in [-0.1, -0.05) is 48.2 Å². The second-order valence-electron chi connectivity index (χ2n) is 4.63. The first-order chi connectivity index (χ1) is 9.78. The van der Waals surface area contributed by atoms with E-state index in [0.717, 1.165) is 16.4 Å². The molecule has 1 heterocycles. The number of nitrogens with one attached hydrogen (secondary N) is 1. The number of aryl methyl sites for hydroxylation is 1. The van der Waals surface area contributed by atoms with E-state index in [1.807, 2.05) is 24.3 Å². The molecule has 2 aromatic carbocycles. The van der Waals surface area contributed by atoms with Crippen LogP contribution in [0.15, 0.2) is 53.6 Å². The Labute approximate surface area is 123 Å². The van der Waals surface area contributed by atoms with E-state index in [9.17, 15) is 0 Å². The van der Waals surface area contributed by atoms with Crippen LogP contribution in [0.5, 0.6) is 5.75 Å². The van der Waals surface area contributed by atoms with Crippen molar-refractivity contribution in [2.24, 2.45) is 5.10 Å². The number of thioether (sulfide) groups is 1. The van der Waals surface area contributed by atoms with Crippen LogP contribution in [0.3, 0.4) is 0 Å². The van der Waals surface area contributed by atoms with E-state index < -0.39 is 0 Å². The molecule has 1 aliphatic heterocycles. The summed E-state index contributed by atoms with van der Waals surface area (Å²) in [5.74, 6) is 0.887. The molecule has 20 heavy (non-hydrogen) atoms. The first-order valence-corrected chi connectivity index (χ1v) is 7.36. The fourth-order valence-corrected chi connectivity index (χ4v) is 3.29. The molecule has 0 fully saturated rings. The molecule has 0 amide bonds. The first-order valence-electron chi connectivity index (χ1n) is 6.48. The number of rotatable bonds is 3. The minimum atomic E-state index is 0.163. The topological polar surface area (TPSA) is 33.6 Å². The van der Waals surface area contributed by atoms with Gasteiger partial charge in [0, 0.05) is 5.56 Å². The molecule has 0 spiro atoms. The number of nitrogens with zero attached hydrogens (tertiary/aromatic N) is 1. The molecule has 1 atom stereocenters. The molecule has 1 aliphatic rings. The van der Waals surface area contributed by atoms with Gasteiger partial charge in [0.25, 0.3) is 0 Å². The molecular weight excluding hydrogens is 268 g/mol. The second kappa shape index (κ2) is 5.59. The van der Waals surface area contributed by atoms with Crippen LogP contribution in [0, 0.1) is 6.92 Å². The summed E-state index contributed by atoms with van der Waals surface area (Å²) >= 11 is 1.74. The Balaban J connectivity index is 1.79. The van der Waals surface area contributed by atoms with Gasteiger partial charge in [-0.3, -0.25) is 5.43 Å². The van der Waals surface area contributed by atoms with Crippen molar-refractivity contribution in [3.8, 4) is 5.75 Å². The Kier molecular flexibility index (Phi) is 3.65. The number of hydrazone groups is 1. The standard InChI is InChI=1S/C16H16N2OS/c1-11-10-13(19-2)8-9-14(11)16-18-17-15(20-16)12-6-4-3-5-7-12/h3-10,16,18H,1-2H3/t16-/m1/s1. The van der Waals surface area contributed by atoms with Gasteiger partial charge in [-0.25, -0.2) is 0 Å². The van der Waals surface area contributed by atoms with Crippen LogP contribution in [0.1, 0.15) is 22.1 Å². The van der Waals surface area contributed by atoms with Crippen LogP contribution in [0.2, 0.25) is 0 Å². The third kappa shape index (κ3) is 2.51. The molecule has 0 bridgehead atoms. The maximum Gasteiger partial charge on any atom is 0.126 e. The number of benzene rings is 2. The Hall–Kier alpha value is -1.94. The lowest BCUT2D eigenvalue weighted by Crippen LogP contribution is -2.08. The van der Waals surface area contributed by atoms with Gasteiger partial charge in [-0.2, -0.15) is 5.10 Å². The van der Waals surface area contributed by atoms with Crippen molar-refractivity contribution in [2.75, 3.05) is 7.11 Å². The summed E-state index contributed by atoms with van der Waals surface area (Å²) in [6.45, 7) is 2.10. The lowest BCUT2D eigenvalue weighted by atomic mass is 10.1. The SMILES string of the molecule is COc1ccc([C@@H]2NN=C(c3ccccc3)S2)c(C)c1. The molecule has 2 aromatic rings. The van der Waals surface area contributed by atoms with Crippen molar-refractivity contribution in [2.45, 2.75) is 12.3 Å². The van der Waals surface area contributed by atoms with Gasteiger partial charge in [-0.05, 0) is 30.2 Å². The van der Waals surface area contributed by atoms with E-state index in [-0.39, 0.29) is 5.37 Å². The summed E-state index contributed by atoms with van der Waals surface area (Å²) in [7, 11) is 1.69. The highest BCUT2D eigenvalue weighted by atomic mass is 32.2. The average molecular weight is 284 g/mol. The molecule has 0 radical (unpaired) electrons. The van der Waals surface area contributed by atoms with Gasteiger partial charge >= 0.3 is 0 Å². The van der Waals surface area contributed by atoms with Gasteiger partial charge in [0.05, 0.1) is 7.11 Å². The first kappa shape index (κ1) is 13.1. The van der Waals surface area contributed by atoms with Gasteiger partial charge in [0.15, 0.2) is 0 Å². The van der Waals surface area contributed by atoms with E-state index in [1.165, 1.54) is 11.1 Å². The van der Waals surface area contributed by atoms with Crippen LogP contribution < -0.4 is 10.2 Å². The number of hydrogen-bond donors (Lipinski definition) is 1. The van der Waals surface area contributed by atoms with Crippen molar-refractivity contribution >= 4 is 16.8 Å². The normalized spacial score (nSPS) is 17.5. The third-order valence-corrected chi connectivity index (χ3v) is 4.44. The minimum absolute atomic E-state index is 0.163. The van der Waals surface area contributed by atoms with Crippen molar-refractivity contribution in [3.05, 3.63) is 65.2 Å². The molecule has 3 rings (SSSR count). The molecule has 0 saturated heterocycles. The monoisotopic (exact) mass is 284 g/mol. The largest absolute Gasteiger partial charge is 0.497 e. The van der Waals surface area contributed by atoms with Gasteiger partial charge in [0.1, 0.15) is 16.2 Å². The quantitative estimate of drug-likeness (QED) is 0.933. The van der Waals surface area contributed by atoms with Crippen molar-refractivity contribution in [3.63, 3.8) is 0 Å². The van der Waals surface area contributed by atoms with Crippen LogP contribution in [0.25, 0.3) is 0 Å². The van der Waals surface area contributed by atoms with E-state index in [4.69, 9.17) is 4.74 Å². The predicted molar refractivity (Wildman–Crippen MR) is 84.2 cm³/mol. The summed E-state index contributed by atoms with van der Waals surface area (Å²) in [5.41, 5.74) is 6.81. The van der Waals surface area contributed by atoms with E-state index in [1.54, 1.807) is 18.9 Å². The van der Waals surface area contributed by atoms with Crippen molar-refractivity contribution < 1.29 is 4.74 Å². The zero-order valence-corrected chi connectivity index (χ0v) is 12.3. The highest BCUT2D eigenvalue weighted by Crippen LogP contribution is 2.36. The van der Waals surface area contributed by atoms with Gasteiger partial charge < -0.3 is 4.74 Å². The summed E-state index contributed by atoms with van der Waals surface area (Å²) in [4.78, 5) is 0. The molecule has 0 aromatic heterocycles. The summed E-state index contributed by atoms with van der Waals surface area (Å²) in [6, 6.07) is 16.4. The van der Waals surface area contributed by atoms with E-state index in [0.29, 0.717) is 0 Å². The molecule has 4 heteroatoms. The Morgan fingerprint density at radius 1 is 1.15 bits per heavy atom. The molecule has 0 saturated carbocycles. The average Bonchev–Trinajstić information content (AvgIpc) is 2.97. The van der Waals surface area contributed by atoms with E-state index in [2.05, 4.69) is 41.7 Å². The molecule has 3 nitrogen and oxygen atoms in total. The molecule has 0 aliphatic carbocycles. The zero-order chi connectivity index (χ0) is 13.9. The number of methoxy groups -OCH3 is 1. The Morgan fingerprint density at radius 2 is 1.95 bits per heavy atom. The van der Waals surface area contributed by atoms with Gasteiger partial charge in [-0.15, -0.1) is 0 Å². The summed E-state index contributed by atoms with van der Waals surface area (Å²) < 4.78 is 5.25. The van der Waals surface area contributed by atoms with Crippen LogP contribution in [-0.4, -0.2) is 12.2 Å². The second-order valence-corrected chi connectivity index (χ2v) is 5.73. The highest BCUT2D eigenvalue weighted by Gasteiger charge is 2.23. The Morgan fingerprint density at radius 3 is 2.65 bits per heavy atom. The zero-order valence-electron chi connectivity index (χ0n) is 11.5. The maximum absolute atomic E-state index is 5.25. The minimum Gasteiger partial charge on any atom is -0.497 e. The lowest BCUT2D eigenvalue weighted by molar-refractivity contribution is 0.414. The van der Waals surface area contributed by atoms with Crippen molar-refractivity contribution in [1.29, 1.82) is 0 Å². The summed E-state index contributed by atoms with van der Waals surface area (Å²) in [5, 5.41) is 5.64. The fourth-order valence-electron chi connectivity index (χ4n) is 2.20. The maximum atomic E-state index is 5.25. The predicted octanol–water partition coefficient (Wildman–Crippen LogP) is 3.70. The molecule has 0 unspecified atom stereocenters. The lowest BCUT2D eigenvalue weighted by Gasteiger charge is -2.13. The third-order valence-electron chi connectivity index (χ3n) is 3.29. The van der Waals surface area contributed by atoms with Crippen LogP contribution >= 0.6 is 11.8 Å². The van der Waals surface area contributed by atoms with Crippen LogP contribution in [-0.2, 0) is 0 Å². The van der Waals surface area contributed by atoms with Crippen LogP contribution in [0.4, 0.5) is 0 Å². The van der Waals surface area contributed by atoms with E-state index >= 15 is 0 Å². The highest BCUT2D eigenvalue weighted by molar-refractivity contribution is 8.14. The number of hydrogen-bond acceptors (Lipinski definition) is 4. The molecule has 102 valence electrons. The Bertz CT molecular complexity index is 640. The smallest absolute Gasteiger partial charge is 0.126 e. The number of ether oxygens (including phenoxy) is 1. The summed E-state index contributed by atoms with van der Waals surface area (Å²) in [6.07, 6.45) is 0. The fraction of sp³-hybridized carbons (Fsp3) is 0.188. The van der Waals surface area contributed by atoms with Gasteiger partial charge in [0.2, 0.25) is 0 Å².